The molecule has 10 nitrogen and oxygen atoms in total. The summed E-state index contributed by atoms with van der Waals surface area (Å²) in [5.41, 5.74) is -0.0587. The van der Waals surface area contributed by atoms with E-state index >= 15 is 0 Å². The summed E-state index contributed by atoms with van der Waals surface area (Å²) < 4.78 is 1.85. The van der Waals surface area contributed by atoms with E-state index in [0.29, 0.717) is 30.5 Å². The minimum absolute atomic E-state index is 0. The van der Waals surface area contributed by atoms with Gasteiger partial charge in [-0.25, -0.2) is 4.98 Å². The number of nitro benzene ring substituents is 1. The Balaban J connectivity index is 0.00000240. The Hall–Kier alpha value is -3.24. The first-order valence-electron chi connectivity index (χ1n) is 8.76. The van der Waals surface area contributed by atoms with Crippen LogP contribution in [0.1, 0.15) is 22.2 Å². The van der Waals surface area contributed by atoms with Crippen LogP contribution in [0.3, 0.4) is 0 Å². The first-order valence-corrected chi connectivity index (χ1v) is 8.76. The summed E-state index contributed by atoms with van der Waals surface area (Å²) in [4.78, 5) is 44.8. The van der Waals surface area contributed by atoms with Gasteiger partial charge in [0.25, 0.3) is 11.6 Å². The molecule has 1 saturated heterocycles. The Labute approximate surface area is 171 Å². The summed E-state index contributed by atoms with van der Waals surface area (Å²) in [6, 6.07) is 4.95. The van der Waals surface area contributed by atoms with Crippen LogP contribution in [-0.4, -0.2) is 49.9 Å². The number of imidazole rings is 1. The molecule has 1 unspecified atom stereocenters. The fourth-order valence-electron chi connectivity index (χ4n) is 3.56. The Morgan fingerprint density at radius 3 is 2.83 bits per heavy atom. The van der Waals surface area contributed by atoms with Crippen LogP contribution in [0, 0.1) is 10.1 Å². The molecule has 2 aromatic heterocycles. The fraction of sp³-hybridized carbons (Fsp3) is 0.278. The molecule has 3 aromatic rings. The molecule has 0 aliphatic carbocycles. The molecular formula is C18H19ClN6O4. The largest absolute Gasteiger partial charge is 0.336 e. The highest BCUT2D eigenvalue weighted by molar-refractivity contribution is 6.06. The van der Waals surface area contributed by atoms with Crippen LogP contribution >= 0.6 is 12.4 Å². The number of rotatable bonds is 3. The first kappa shape index (κ1) is 20.5. The lowest BCUT2D eigenvalue weighted by molar-refractivity contribution is -0.384. The number of hydrogen-bond acceptors (Lipinski definition) is 6. The number of aryl methyl sites for hydroxylation is 1. The number of aromatic nitrogens is 3. The number of H-pyrrole nitrogens is 1. The van der Waals surface area contributed by atoms with Crippen LogP contribution in [-0.2, 0) is 7.05 Å². The molecule has 1 aromatic carbocycles. The summed E-state index contributed by atoms with van der Waals surface area (Å²) in [6.45, 7) is 1.56. The number of nitrogens with one attached hydrogen (secondary N) is 2. The molecule has 0 saturated carbocycles. The molecule has 0 bridgehead atoms. The van der Waals surface area contributed by atoms with Crippen molar-refractivity contribution in [2.45, 2.75) is 6.04 Å². The van der Waals surface area contributed by atoms with Crippen LogP contribution in [0.15, 0.2) is 41.5 Å². The molecule has 1 fully saturated rings. The lowest BCUT2D eigenvalue weighted by Crippen LogP contribution is -2.49. The normalized spacial score (nSPS) is 16.4. The van der Waals surface area contributed by atoms with Crippen molar-refractivity contribution in [1.29, 1.82) is 0 Å². The van der Waals surface area contributed by atoms with E-state index < -0.39 is 10.5 Å². The van der Waals surface area contributed by atoms with Gasteiger partial charge in [-0.05, 0) is 6.07 Å². The van der Waals surface area contributed by atoms with Gasteiger partial charge in [0, 0.05) is 68.2 Å². The standard InChI is InChI=1S/C18H18N6O4.ClH/c1-22-6-5-20-17(22)15-10-19-4-7-23(15)18(26)13-9-16(25)21-14-3-2-11(24(27)28)8-12(13)14;/h2-3,5-6,8-9,15,19H,4,7,10H2,1H3,(H,21,25);1H. The number of amides is 1. The van der Waals surface area contributed by atoms with Crippen molar-refractivity contribution in [1.82, 2.24) is 24.8 Å². The summed E-state index contributed by atoms with van der Waals surface area (Å²) in [5.74, 6) is 0.367. The van der Waals surface area contributed by atoms with Crippen molar-refractivity contribution in [3.05, 3.63) is 68.5 Å². The first-order chi connectivity index (χ1) is 13.5. The number of nitrogens with zero attached hydrogens (tertiary/aromatic N) is 4. The number of piperazine rings is 1. The molecule has 1 atom stereocenters. The topological polar surface area (TPSA) is 126 Å². The van der Waals surface area contributed by atoms with Gasteiger partial charge in [-0.3, -0.25) is 19.7 Å². The zero-order valence-corrected chi connectivity index (χ0v) is 16.3. The van der Waals surface area contributed by atoms with E-state index in [1.807, 2.05) is 11.6 Å². The van der Waals surface area contributed by atoms with Gasteiger partial charge in [-0.1, -0.05) is 0 Å². The van der Waals surface area contributed by atoms with Gasteiger partial charge in [-0.15, -0.1) is 12.4 Å². The van der Waals surface area contributed by atoms with E-state index in [4.69, 9.17) is 0 Å². The molecule has 3 heterocycles. The second-order valence-electron chi connectivity index (χ2n) is 6.65. The van der Waals surface area contributed by atoms with E-state index in [-0.39, 0.29) is 35.6 Å². The van der Waals surface area contributed by atoms with Crippen LogP contribution in [0.2, 0.25) is 0 Å². The zero-order valence-electron chi connectivity index (χ0n) is 15.5. The molecular weight excluding hydrogens is 400 g/mol. The predicted molar refractivity (Wildman–Crippen MR) is 108 cm³/mol. The molecule has 4 rings (SSSR count). The number of fused-ring (bicyclic) bond motifs is 1. The van der Waals surface area contributed by atoms with Crippen molar-refractivity contribution >= 4 is 34.9 Å². The Morgan fingerprint density at radius 1 is 1.34 bits per heavy atom. The van der Waals surface area contributed by atoms with Crippen LogP contribution in [0.5, 0.6) is 0 Å². The van der Waals surface area contributed by atoms with Gasteiger partial charge in [-0.2, -0.15) is 0 Å². The quantitative estimate of drug-likeness (QED) is 0.488. The summed E-state index contributed by atoms with van der Waals surface area (Å²) in [6.07, 6.45) is 3.47. The highest BCUT2D eigenvalue weighted by atomic mass is 35.5. The van der Waals surface area contributed by atoms with Gasteiger partial charge in [0.15, 0.2) is 0 Å². The maximum Gasteiger partial charge on any atom is 0.270 e. The molecule has 11 heteroatoms. The van der Waals surface area contributed by atoms with Crippen molar-refractivity contribution < 1.29 is 9.72 Å². The zero-order chi connectivity index (χ0) is 19.8. The third-order valence-electron chi connectivity index (χ3n) is 4.93. The minimum Gasteiger partial charge on any atom is -0.336 e. The van der Waals surface area contributed by atoms with Gasteiger partial charge < -0.3 is 19.8 Å². The minimum atomic E-state index is -0.527. The van der Waals surface area contributed by atoms with Gasteiger partial charge in [0.05, 0.1) is 10.5 Å². The fourth-order valence-corrected chi connectivity index (χ4v) is 3.56. The number of pyridine rings is 1. The molecule has 1 aliphatic rings. The number of non-ortho nitro benzene ring substituents is 1. The highest BCUT2D eigenvalue weighted by Crippen LogP contribution is 2.27. The van der Waals surface area contributed by atoms with E-state index in [9.17, 15) is 19.7 Å². The van der Waals surface area contributed by atoms with E-state index in [1.54, 1.807) is 17.3 Å². The average molecular weight is 419 g/mol. The number of hydrogen-bond donors (Lipinski definition) is 2. The Morgan fingerprint density at radius 2 is 2.14 bits per heavy atom. The molecule has 2 N–H and O–H groups in total. The van der Waals surface area contributed by atoms with Crippen molar-refractivity contribution in [2.75, 3.05) is 19.6 Å². The second-order valence-corrected chi connectivity index (χ2v) is 6.65. The van der Waals surface area contributed by atoms with E-state index in [0.717, 1.165) is 5.82 Å². The lowest BCUT2D eigenvalue weighted by Gasteiger charge is -2.36. The maximum absolute atomic E-state index is 13.4. The third-order valence-corrected chi connectivity index (χ3v) is 4.93. The molecule has 0 spiro atoms. The van der Waals surface area contributed by atoms with Crippen molar-refractivity contribution in [3.8, 4) is 0 Å². The molecule has 0 radical (unpaired) electrons. The molecule has 1 amide bonds. The summed E-state index contributed by atoms with van der Waals surface area (Å²) in [5, 5.41) is 14.8. The number of halogens is 1. The van der Waals surface area contributed by atoms with Crippen molar-refractivity contribution in [3.63, 3.8) is 0 Å². The Bertz CT molecular complexity index is 1140. The van der Waals surface area contributed by atoms with Crippen LogP contribution in [0.4, 0.5) is 5.69 Å². The van der Waals surface area contributed by atoms with E-state index in [2.05, 4.69) is 15.3 Å². The summed E-state index contributed by atoms with van der Waals surface area (Å²) in [7, 11) is 1.85. The lowest BCUT2D eigenvalue weighted by atomic mass is 10.0. The van der Waals surface area contributed by atoms with Gasteiger partial charge in [0.2, 0.25) is 5.56 Å². The number of benzene rings is 1. The summed E-state index contributed by atoms with van der Waals surface area (Å²) >= 11 is 0. The SMILES string of the molecule is Cl.Cn1ccnc1C1CNCCN1C(=O)c1cc(=O)[nH]c2ccc([N+](=O)[O-])cc12. The monoisotopic (exact) mass is 418 g/mol. The second kappa shape index (κ2) is 8.02. The number of aromatic amines is 1. The molecule has 29 heavy (non-hydrogen) atoms. The number of carbonyl (C=O) groups is 1. The van der Waals surface area contributed by atoms with Crippen LogP contribution in [0.25, 0.3) is 10.9 Å². The number of nitro groups is 1. The van der Waals surface area contributed by atoms with Gasteiger partial charge >= 0.3 is 0 Å². The van der Waals surface area contributed by atoms with Crippen molar-refractivity contribution in [2.24, 2.45) is 7.05 Å². The Kier molecular flexibility index (Phi) is 5.66. The highest BCUT2D eigenvalue weighted by Gasteiger charge is 2.32. The maximum atomic E-state index is 13.4. The average Bonchev–Trinajstić information content (AvgIpc) is 3.12. The smallest absolute Gasteiger partial charge is 0.270 e. The number of carbonyl (C=O) groups excluding carboxylic acids is 1. The van der Waals surface area contributed by atoms with Crippen LogP contribution < -0.4 is 10.9 Å². The predicted octanol–water partition coefficient (Wildman–Crippen LogP) is 1.38. The third kappa shape index (κ3) is 3.71. The van der Waals surface area contributed by atoms with E-state index in [1.165, 1.54) is 24.3 Å². The van der Waals surface area contributed by atoms with Gasteiger partial charge in [0.1, 0.15) is 11.9 Å². The molecule has 1 aliphatic heterocycles. The molecule has 152 valence electrons.